The van der Waals surface area contributed by atoms with E-state index in [1.807, 2.05) is 25.7 Å². The topological polar surface area (TPSA) is 67.6 Å². The van der Waals surface area contributed by atoms with Gasteiger partial charge in [-0.1, -0.05) is 18.7 Å². The number of nitrogens with two attached hydrogens (primary N) is 2. The van der Waals surface area contributed by atoms with Gasteiger partial charge >= 0.3 is 0 Å². The molecule has 0 saturated carbocycles. The number of hydrogen-bond acceptors (Lipinski definition) is 3. The van der Waals surface area contributed by atoms with Crippen LogP contribution in [0.25, 0.3) is 0 Å². The van der Waals surface area contributed by atoms with Crippen molar-refractivity contribution in [3.8, 4) is 0 Å². The Balaban J connectivity index is 2.64. The van der Waals surface area contributed by atoms with E-state index in [0.717, 1.165) is 29.2 Å². The minimum atomic E-state index is -0.329. The molecule has 0 bridgehead atoms. The molecule has 1 heterocycles. The fraction of sp³-hybridized carbons (Fsp3) is 0.389. The number of amidine groups is 1. The highest BCUT2D eigenvalue weighted by molar-refractivity contribution is 6.03. The molecule has 0 aromatic heterocycles. The average molecular weight is 316 g/mol. The van der Waals surface area contributed by atoms with Crippen LogP contribution in [0.3, 0.4) is 0 Å². The second-order valence-corrected chi connectivity index (χ2v) is 5.69. The molecule has 1 aromatic carbocycles. The maximum absolute atomic E-state index is 13.3. The fourth-order valence-electron chi connectivity index (χ4n) is 3.11. The van der Waals surface area contributed by atoms with Crippen LogP contribution in [-0.2, 0) is 0 Å². The number of allylic oxidation sites excluding steroid dienone is 1. The molecule has 1 aliphatic rings. The first-order valence-corrected chi connectivity index (χ1v) is 7.90. The maximum Gasteiger partial charge on any atom is 0.133 e. The predicted octanol–water partition coefficient (Wildman–Crippen LogP) is 2.74. The van der Waals surface area contributed by atoms with Gasteiger partial charge in [-0.2, -0.15) is 0 Å². The molecule has 4 nitrogen and oxygen atoms in total. The van der Waals surface area contributed by atoms with Crippen LogP contribution in [0.5, 0.6) is 0 Å². The van der Waals surface area contributed by atoms with E-state index in [1.165, 1.54) is 12.1 Å². The van der Waals surface area contributed by atoms with Gasteiger partial charge in [-0.3, -0.25) is 4.99 Å². The number of hydrogen-bond donors (Lipinski definition) is 2. The van der Waals surface area contributed by atoms with Crippen LogP contribution >= 0.6 is 0 Å². The summed E-state index contributed by atoms with van der Waals surface area (Å²) in [4.78, 5) is 6.64. The second kappa shape index (κ2) is 6.96. The molecule has 124 valence electrons. The largest absolute Gasteiger partial charge is 0.402 e. The van der Waals surface area contributed by atoms with Crippen molar-refractivity contribution in [3.63, 3.8) is 0 Å². The van der Waals surface area contributed by atoms with E-state index >= 15 is 0 Å². The van der Waals surface area contributed by atoms with Gasteiger partial charge in [-0.25, -0.2) is 4.39 Å². The number of piperidine rings is 1. The number of likely N-dealkylation sites (tertiary alicyclic amines) is 1. The predicted molar refractivity (Wildman–Crippen MR) is 93.5 cm³/mol. The highest BCUT2D eigenvalue weighted by Crippen LogP contribution is 2.38. The van der Waals surface area contributed by atoms with Crippen molar-refractivity contribution in [2.45, 2.75) is 32.7 Å². The van der Waals surface area contributed by atoms with Crippen LogP contribution < -0.4 is 11.5 Å². The second-order valence-electron chi connectivity index (χ2n) is 5.69. The number of nitrogens with zero attached hydrogens (tertiary/aromatic N) is 2. The zero-order valence-corrected chi connectivity index (χ0v) is 14.0. The summed E-state index contributed by atoms with van der Waals surface area (Å²) < 4.78 is 13.3. The standard InChI is InChI=1S/C18H25FN4/c1-5-22-18-15(11(3)20)16(13-7-9-14(19)10-8-13)17(21)12(4)23(18)6-2/h7-10,16-17H,4-6,20-21H2,1-3H3. The Kier molecular flexibility index (Phi) is 5.21. The first kappa shape index (κ1) is 17.2. The van der Waals surface area contributed by atoms with Crippen LogP contribution in [-0.4, -0.2) is 29.9 Å². The van der Waals surface area contributed by atoms with E-state index in [-0.39, 0.29) is 17.8 Å². The zero-order valence-electron chi connectivity index (χ0n) is 14.0. The molecule has 2 rings (SSSR count). The van der Waals surface area contributed by atoms with Crippen molar-refractivity contribution in [2.75, 3.05) is 13.1 Å². The highest BCUT2D eigenvalue weighted by Gasteiger charge is 2.39. The molecule has 0 radical (unpaired) electrons. The number of benzene rings is 1. The Morgan fingerprint density at radius 1 is 1.30 bits per heavy atom. The first-order valence-electron chi connectivity index (χ1n) is 7.90. The summed E-state index contributed by atoms with van der Waals surface area (Å²) in [5.41, 5.74) is 15.9. The summed E-state index contributed by atoms with van der Waals surface area (Å²) >= 11 is 0. The molecule has 1 aliphatic heterocycles. The SMILES string of the molecule is C=C1C(N)C(c2ccc(F)cc2)C(=C(C)N)C(=NCC)N1CC. The maximum atomic E-state index is 13.3. The van der Waals surface area contributed by atoms with Crippen molar-refractivity contribution in [2.24, 2.45) is 16.5 Å². The van der Waals surface area contributed by atoms with Crippen LogP contribution in [0.15, 0.2) is 52.8 Å². The normalized spacial score (nSPS) is 25.9. The Morgan fingerprint density at radius 2 is 1.91 bits per heavy atom. The van der Waals surface area contributed by atoms with E-state index in [2.05, 4.69) is 11.6 Å². The summed E-state index contributed by atoms with van der Waals surface area (Å²) in [6.07, 6.45) is 0. The van der Waals surface area contributed by atoms with Crippen LogP contribution in [0.4, 0.5) is 4.39 Å². The minimum Gasteiger partial charge on any atom is -0.402 e. The Hall–Kier alpha value is -2.14. The van der Waals surface area contributed by atoms with Crippen molar-refractivity contribution in [1.82, 2.24) is 4.90 Å². The van der Waals surface area contributed by atoms with Crippen LogP contribution in [0.1, 0.15) is 32.3 Å². The fourth-order valence-corrected chi connectivity index (χ4v) is 3.11. The molecule has 0 spiro atoms. The quantitative estimate of drug-likeness (QED) is 0.901. The number of likely N-dealkylation sites (N-methyl/N-ethyl adjacent to an activating group) is 1. The smallest absolute Gasteiger partial charge is 0.133 e. The van der Waals surface area contributed by atoms with Gasteiger partial charge in [-0.05, 0) is 38.5 Å². The van der Waals surface area contributed by atoms with Crippen molar-refractivity contribution in [1.29, 1.82) is 0 Å². The molecular formula is C18H25FN4. The third-order valence-corrected chi connectivity index (χ3v) is 4.18. The van der Waals surface area contributed by atoms with Gasteiger partial charge < -0.3 is 16.4 Å². The van der Waals surface area contributed by atoms with E-state index < -0.39 is 0 Å². The third-order valence-electron chi connectivity index (χ3n) is 4.18. The summed E-state index contributed by atoms with van der Waals surface area (Å²) in [5, 5.41) is 0. The van der Waals surface area contributed by atoms with Crippen molar-refractivity contribution >= 4 is 5.84 Å². The zero-order chi connectivity index (χ0) is 17.1. The Bertz CT molecular complexity index is 641. The van der Waals surface area contributed by atoms with Crippen LogP contribution in [0.2, 0.25) is 0 Å². The highest BCUT2D eigenvalue weighted by atomic mass is 19.1. The Labute approximate surface area is 137 Å². The minimum absolute atomic E-state index is 0.179. The van der Waals surface area contributed by atoms with Crippen molar-refractivity contribution in [3.05, 3.63) is 59.2 Å². The summed E-state index contributed by atoms with van der Waals surface area (Å²) in [7, 11) is 0. The van der Waals surface area contributed by atoms with Gasteiger partial charge in [0, 0.05) is 36.0 Å². The van der Waals surface area contributed by atoms with E-state index in [1.54, 1.807) is 12.1 Å². The molecule has 0 aliphatic carbocycles. The van der Waals surface area contributed by atoms with Crippen LogP contribution in [0, 0.1) is 5.82 Å². The van der Waals surface area contributed by atoms with Gasteiger partial charge in [-0.15, -0.1) is 0 Å². The van der Waals surface area contributed by atoms with E-state index in [9.17, 15) is 4.39 Å². The molecule has 1 aromatic rings. The number of aliphatic imine (C=N–C) groups is 1. The lowest BCUT2D eigenvalue weighted by Crippen LogP contribution is -2.50. The van der Waals surface area contributed by atoms with E-state index in [0.29, 0.717) is 12.2 Å². The van der Waals surface area contributed by atoms with Crippen molar-refractivity contribution < 1.29 is 4.39 Å². The van der Waals surface area contributed by atoms with Gasteiger partial charge in [0.1, 0.15) is 11.7 Å². The monoisotopic (exact) mass is 316 g/mol. The molecular weight excluding hydrogens is 291 g/mol. The van der Waals surface area contributed by atoms with Gasteiger partial charge in [0.05, 0.1) is 6.04 Å². The van der Waals surface area contributed by atoms with Gasteiger partial charge in [0.15, 0.2) is 0 Å². The molecule has 5 heteroatoms. The molecule has 0 amide bonds. The molecule has 1 saturated heterocycles. The van der Waals surface area contributed by atoms with Gasteiger partial charge in [0.2, 0.25) is 0 Å². The molecule has 2 atom stereocenters. The summed E-state index contributed by atoms with van der Waals surface area (Å²) in [6.45, 7) is 11.4. The van der Waals surface area contributed by atoms with Gasteiger partial charge in [0.25, 0.3) is 0 Å². The lowest BCUT2D eigenvalue weighted by atomic mass is 9.78. The Morgan fingerprint density at radius 3 is 2.39 bits per heavy atom. The average Bonchev–Trinajstić information content (AvgIpc) is 2.51. The summed E-state index contributed by atoms with van der Waals surface area (Å²) in [5.74, 6) is 0.363. The lowest BCUT2D eigenvalue weighted by molar-refractivity contribution is 0.438. The lowest BCUT2D eigenvalue weighted by Gasteiger charge is -2.42. The molecule has 1 fully saturated rings. The summed E-state index contributed by atoms with van der Waals surface area (Å²) in [6, 6.07) is 6.06. The number of halogens is 1. The number of rotatable bonds is 3. The first-order chi connectivity index (χ1) is 10.9. The molecule has 2 unspecified atom stereocenters. The molecule has 23 heavy (non-hydrogen) atoms. The third kappa shape index (κ3) is 3.15. The molecule has 4 N–H and O–H groups in total. The van der Waals surface area contributed by atoms with E-state index in [4.69, 9.17) is 11.5 Å².